The summed E-state index contributed by atoms with van der Waals surface area (Å²) in [7, 11) is 1.56. The highest BCUT2D eigenvalue weighted by Gasteiger charge is 2.15. The number of benzene rings is 2. The maximum absolute atomic E-state index is 13.3. The molecule has 0 saturated heterocycles. The number of rotatable bonds is 28. The van der Waals surface area contributed by atoms with Gasteiger partial charge in [-0.2, -0.15) is 0 Å². The normalized spacial score (nSPS) is 11.4. The molecule has 12 heteroatoms. The number of pyridine rings is 1. The van der Waals surface area contributed by atoms with Gasteiger partial charge in [-0.3, -0.25) is 4.79 Å². The van der Waals surface area contributed by atoms with Crippen LogP contribution in [0.15, 0.2) is 48.5 Å². The van der Waals surface area contributed by atoms with Gasteiger partial charge < -0.3 is 48.1 Å². The van der Waals surface area contributed by atoms with Gasteiger partial charge >= 0.3 is 0 Å². The molecule has 0 unspecified atom stereocenters. The summed E-state index contributed by atoms with van der Waals surface area (Å²) in [5, 5.41) is 19.0. The van der Waals surface area contributed by atoms with E-state index in [1.54, 1.807) is 13.2 Å². The fraction of sp³-hybridized carbons (Fsp3) is 0.543. The van der Waals surface area contributed by atoms with Crippen LogP contribution in [0.5, 0.6) is 5.75 Å². The van der Waals surface area contributed by atoms with Gasteiger partial charge in [0, 0.05) is 35.1 Å². The molecule has 1 heterocycles. The molecular formula is C35H49NO11. The lowest BCUT2D eigenvalue weighted by Crippen LogP contribution is -2.14. The van der Waals surface area contributed by atoms with Crippen LogP contribution in [0.1, 0.15) is 28.8 Å². The molecule has 0 saturated carbocycles. The van der Waals surface area contributed by atoms with E-state index in [0.29, 0.717) is 128 Å². The minimum absolute atomic E-state index is 0.0164. The standard InChI is InChI=1S/C35H49NO11/c1-40-35-25-28(8-9-29(35)27-38)33-26-31(30-5-2-3-6-32(30)36-33)34(39)7-4-11-41-13-15-43-17-19-45-21-23-47-24-22-46-20-18-44-16-14-42-12-10-37/h2-3,5-6,8-9,25-26,37-38H,4,7,10-24,27H2,1H3. The van der Waals surface area contributed by atoms with Crippen LogP contribution in [0, 0.1) is 0 Å². The number of hydrogen-bond donors (Lipinski definition) is 2. The first-order valence-electron chi connectivity index (χ1n) is 16.0. The number of ether oxygens (including phenoxy) is 8. The Bertz CT molecular complexity index is 1290. The lowest BCUT2D eigenvalue weighted by molar-refractivity contribution is -0.0215. The Morgan fingerprint density at radius 1 is 0.660 bits per heavy atom. The molecule has 0 amide bonds. The Morgan fingerprint density at radius 2 is 1.19 bits per heavy atom. The van der Waals surface area contributed by atoms with E-state index < -0.39 is 0 Å². The van der Waals surface area contributed by atoms with Gasteiger partial charge in [0.05, 0.1) is 117 Å². The molecule has 2 aromatic carbocycles. The van der Waals surface area contributed by atoms with Crippen LogP contribution in [0.2, 0.25) is 0 Å². The molecule has 0 spiro atoms. The number of aromatic nitrogens is 1. The van der Waals surface area contributed by atoms with Crippen LogP contribution >= 0.6 is 0 Å². The Morgan fingerprint density at radius 3 is 1.72 bits per heavy atom. The van der Waals surface area contributed by atoms with E-state index in [1.165, 1.54) is 0 Å². The Kier molecular flexibility index (Phi) is 19.7. The van der Waals surface area contributed by atoms with Crippen molar-refractivity contribution in [2.75, 3.05) is 106 Å². The molecule has 0 aliphatic heterocycles. The van der Waals surface area contributed by atoms with Gasteiger partial charge in [-0.25, -0.2) is 4.98 Å². The van der Waals surface area contributed by atoms with Crippen LogP contribution in [-0.4, -0.2) is 127 Å². The Hall–Kier alpha value is -3.04. The van der Waals surface area contributed by atoms with Gasteiger partial charge in [0.2, 0.25) is 0 Å². The Balaban J connectivity index is 1.21. The first-order chi connectivity index (χ1) is 23.2. The van der Waals surface area contributed by atoms with Crippen LogP contribution in [0.25, 0.3) is 22.2 Å². The zero-order valence-corrected chi connectivity index (χ0v) is 27.4. The molecule has 2 N–H and O–H groups in total. The highest BCUT2D eigenvalue weighted by atomic mass is 16.6. The van der Waals surface area contributed by atoms with Crippen molar-refractivity contribution in [3.8, 4) is 17.0 Å². The first kappa shape index (κ1) is 38.4. The average molecular weight is 660 g/mol. The molecule has 0 radical (unpaired) electrons. The fourth-order valence-electron chi connectivity index (χ4n) is 4.54. The molecule has 0 bridgehead atoms. The summed E-state index contributed by atoms with van der Waals surface area (Å²) in [5.41, 5.74) is 3.52. The van der Waals surface area contributed by atoms with E-state index in [4.69, 9.17) is 48.0 Å². The third kappa shape index (κ3) is 14.7. The molecule has 47 heavy (non-hydrogen) atoms. The van der Waals surface area contributed by atoms with Crippen molar-refractivity contribution in [1.82, 2.24) is 4.98 Å². The van der Waals surface area contributed by atoms with Crippen molar-refractivity contribution in [3.63, 3.8) is 0 Å². The molecule has 1 aromatic heterocycles. The number of methoxy groups -OCH3 is 1. The largest absolute Gasteiger partial charge is 0.496 e. The first-order valence-corrected chi connectivity index (χ1v) is 16.0. The van der Waals surface area contributed by atoms with Crippen molar-refractivity contribution in [1.29, 1.82) is 0 Å². The minimum atomic E-state index is -0.126. The number of Topliss-reactive ketones (excluding diaryl/α,β-unsaturated/α-hetero) is 1. The number of fused-ring (bicyclic) bond motifs is 1. The molecule has 3 rings (SSSR count). The van der Waals surface area contributed by atoms with Crippen molar-refractivity contribution in [2.24, 2.45) is 0 Å². The number of aliphatic hydroxyl groups excluding tert-OH is 2. The summed E-state index contributed by atoms with van der Waals surface area (Å²) in [6.07, 6.45) is 0.938. The number of carbonyl (C=O) groups is 1. The smallest absolute Gasteiger partial charge is 0.163 e. The second kappa shape index (κ2) is 24.2. The van der Waals surface area contributed by atoms with Crippen molar-refractivity contribution in [2.45, 2.75) is 19.4 Å². The topological polar surface area (TPSA) is 144 Å². The van der Waals surface area contributed by atoms with E-state index in [0.717, 1.165) is 16.5 Å². The summed E-state index contributed by atoms with van der Waals surface area (Å²) >= 11 is 0. The predicted octanol–water partition coefficient (Wildman–Crippen LogP) is 3.47. The van der Waals surface area contributed by atoms with Crippen molar-refractivity contribution in [3.05, 3.63) is 59.7 Å². The van der Waals surface area contributed by atoms with Gasteiger partial charge in [-0.1, -0.05) is 30.3 Å². The van der Waals surface area contributed by atoms with Crippen molar-refractivity contribution >= 4 is 16.7 Å². The maximum Gasteiger partial charge on any atom is 0.163 e. The highest BCUT2D eigenvalue weighted by molar-refractivity contribution is 6.08. The predicted molar refractivity (Wildman–Crippen MR) is 176 cm³/mol. The third-order valence-electron chi connectivity index (χ3n) is 6.93. The van der Waals surface area contributed by atoms with Crippen LogP contribution in [-0.2, 0) is 39.8 Å². The van der Waals surface area contributed by atoms with Gasteiger partial charge in [0.15, 0.2) is 5.78 Å². The van der Waals surface area contributed by atoms with Crippen LogP contribution in [0.3, 0.4) is 0 Å². The van der Waals surface area contributed by atoms with Gasteiger partial charge in [0.1, 0.15) is 5.75 Å². The average Bonchev–Trinajstić information content (AvgIpc) is 3.11. The van der Waals surface area contributed by atoms with Gasteiger partial charge in [-0.15, -0.1) is 0 Å². The van der Waals surface area contributed by atoms with E-state index in [-0.39, 0.29) is 19.0 Å². The SMILES string of the molecule is COc1cc(-c2cc(C(=O)CCCOCCOCCOCCOCCOCCOCCOCCO)c3ccccc3n2)ccc1CO. The number of aliphatic hydroxyl groups is 2. The molecule has 0 aliphatic rings. The molecule has 260 valence electrons. The molecule has 3 aromatic rings. The summed E-state index contributed by atoms with van der Waals surface area (Å²) < 4.78 is 43.4. The van der Waals surface area contributed by atoms with E-state index in [2.05, 4.69) is 0 Å². The third-order valence-corrected chi connectivity index (χ3v) is 6.93. The lowest BCUT2D eigenvalue weighted by atomic mass is 9.98. The lowest BCUT2D eigenvalue weighted by Gasteiger charge is -2.12. The molecular weight excluding hydrogens is 610 g/mol. The number of carbonyl (C=O) groups excluding carboxylic acids is 1. The second-order valence-corrected chi connectivity index (χ2v) is 10.3. The molecule has 0 fully saturated rings. The highest BCUT2D eigenvalue weighted by Crippen LogP contribution is 2.30. The number of nitrogens with zero attached hydrogens (tertiary/aromatic N) is 1. The summed E-state index contributed by atoms with van der Waals surface area (Å²) in [6, 6.07) is 14.9. The zero-order chi connectivity index (χ0) is 33.4. The zero-order valence-electron chi connectivity index (χ0n) is 27.4. The summed E-state index contributed by atoms with van der Waals surface area (Å²) in [4.78, 5) is 18.0. The second-order valence-electron chi connectivity index (χ2n) is 10.3. The quantitative estimate of drug-likeness (QED) is 0.0870. The number of hydrogen-bond acceptors (Lipinski definition) is 12. The summed E-state index contributed by atoms with van der Waals surface area (Å²) in [5.74, 6) is 0.599. The maximum atomic E-state index is 13.3. The van der Waals surface area contributed by atoms with E-state index in [9.17, 15) is 9.90 Å². The minimum Gasteiger partial charge on any atom is -0.496 e. The monoisotopic (exact) mass is 659 g/mol. The van der Waals surface area contributed by atoms with E-state index in [1.807, 2.05) is 42.5 Å². The van der Waals surface area contributed by atoms with E-state index >= 15 is 0 Å². The van der Waals surface area contributed by atoms with Crippen LogP contribution < -0.4 is 4.74 Å². The molecule has 0 atom stereocenters. The molecule has 12 nitrogen and oxygen atoms in total. The van der Waals surface area contributed by atoms with Crippen molar-refractivity contribution < 1.29 is 52.9 Å². The summed E-state index contributed by atoms with van der Waals surface area (Å²) in [6.45, 7) is 6.32. The number of ketones is 1. The fourth-order valence-corrected chi connectivity index (χ4v) is 4.54. The van der Waals surface area contributed by atoms with Gasteiger partial charge in [0.25, 0.3) is 0 Å². The Labute approximate surface area is 276 Å². The van der Waals surface area contributed by atoms with Gasteiger partial charge in [-0.05, 0) is 24.6 Å². The number of para-hydroxylation sites is 1. The molecule has 0 aliphatic carbocycles. The van der Waals surface area contributed by atoms with Crippen LogP contribution in [0.4, 0.5) is 0 Å².